The number of fused-ring (bicyclic) bond motifs is 2. The maximum absolute atomic E-state index is 11.6. The van der Waals surface area contributed by atoms with Crippen molar-refractivity contribution in [3.05, 3.63) is 76.1 Å². The Balaban J connectivity index is 2.16. The van der Waals surface area contributed by atoms with Gasteiger partial charge in [-0.3, -0.25) is 0 Å². The van der Waals surface area contributed by atoms with Gasteiger partial charge in [-0.05, 0) is 41.1 Å². The first-order valence-electron chi connectivity index (χ1n) is 6.57. The van der Waals surface area contributed by atoms with Gasteiger partial charge < -0.3 is 9.73 Å². The van der Waals surface area contributed by atoms with Crippen LogP contribution in [0.3, 0.4) is 0 Å². The van der Waals surface area contributed by atoms with Gasteiger partial charge in [0, 0.05) is 22.4 Å². The Labute approximate surface area is 124 Å². The zero-order valence-electron chi connectivity index (χ0n) is 11.0. The lowest BCUT2D eigenvalue weighted by atomic mass is 10.0. The first kappa shape index (κ1) is 12.2. The normalized spacial score (nSPS) is 14.2. The quantitative estimate of drug-likeness (QED) is 0.689. The summed E-state index contributed by atoms with van der Waals surface area (Å²) in [6.07, 6.45) is 9.70. The molecule has 0 spiro atoms. The van der Waals surface area contributed by atoms with Crippen LogP contribution in [0.4, 0.5) is 0 Å². The highest BCUT2D eigenvalue weighted by atomic mass is 32.1. The number of nitrogens with one attached hydrogen (secondary N) is 1. The monoisotopic (exact) mass is 293 g/mol. The first-order valence-corrected chi connectivity index (χ1v) is 7.45. The van der Waals surface area contributed by atoms with E-state index in [2.05, 4.69) is 17.4 Å². The number of thiophene rings is 1. The van der Waals surface area contributed by atoms with Gasteiger partial charge in [-0.2, -0.15) is 0 Å². The van der Waals surface area contributed by atoms with Gasteiger partial charge in [0.1, 0.15) is 5.58 Å². The third kappa shape index (κ3) is 2.00. The molecule has 3 aromatic rings. The molecule has 0 aliphatic carbocycles. The third-order valence-electron chi connectivity index (χ3n) is 3.41. The molecule has 1 N–H and O–H groups in total. The van der Waals surface area contributed by atoms with Crippen molar-refractivity contribution in [1.82, 2.24) is 5.32 Å². The molecule has 0 radical (unpaired) electrons. The zero-order chi connectivity index (χ0) is 14.2. The molecule has 2 aromatic heterocycles. The van der Waals surface area contributed by atoms with Gasteiger partial charge in [-0.15, -0.1) is 11.3 Å². The number of hydrogen-bond acceptors (Lipinski definition) is 4. The molecule has 3 heterocycles. The molecular weight excluding hydrogens is 282 g/mol. The van der Waals surface area contributed by atoms with Gasteiger partial charge in [0.15, 0.2) is 0 Å². The van der Waals surface area contributed by atoms with Crippen molar-refractivity contribution in [2.45, 2.75) is 0 Å². The number of allylic oxidation sites excluding steroid dienone is 4. The van der Waals surface area contributed by atoms with Gasteiger partial charge in [-0.25, -0.2) is 4.79 Å². The summed E-state index contributed by atoms with van der Waals surface area (Å²) < 4.78 is 6.60. The summed E-state index contributed by atoms with van der Waals surface area (Å²) in [4.78, 5) is 11.6. The van der Waals surface area contributed by atoms with Gasteiger partial charge in [0.25, 0.3) is 0 Å². The van der Waals surface area contributed by atoms with E-state index in [-0.39, 0.29) is 5.63 Å². The van der Waals surface area contributed by atoms with Crippen molar-refractivity contribution in [1.29, 1.82) is 0 Å². The van der Waals surface area contributed by atoms with Crippen LogP contribution >= 0.6 is 11.3 Å². The van der Waals surface area contributed by atoms with E-state index in [4.69, 9.17) is 4.42 Å². The Morgan fingerprint density at radius 3 is 2.95 bits per heavy atom. The van der Waals surface area contributed by atoms with Crippen LogP contribution in [0.5, 0.6) is 0 Å². The summed E-state index contributed by atoms with van der Waals surface area (Å²) in [5.41, 5.74) is 2.15. The highest BCUT2D eigenvalue weighted by Crippen LogP contribution is 2.35. The lowest BCUT2D eigenvalue weighted by Gasteiger charge is -2.10. The number of benzene rings is 1. The molecular formula is C17H11NO2S. The van der Waals surface area contributed by atoms with E-state index in [1.807, 2.05) is 42.0 Å². The number of rotatable bonds is 1. The van der Waals surface area contributed by atoms with Crippen molar-refractivity contribution in [2.75, 3.05) is 0 Å². The average Bonchev–Trinajstić information content (AvgIpc) is 2.78. The summed E-state index contributed by atoms with van der Waals surface area (Å²) in [7, 11) is 0. The molecule has 1 aromatic carbocycles. The molecule has 0 fully saturated rings. The van der Waals surface area contributed by atoms with Crippen molar-refractivity contribution in [3.8, 4) is 0 Å². The Bertz CT molecular complexity index is 989. The molecule has 21 heavy (non-hydrogen) atoms. The second-order valence-corrected chi connectivity index (χ2v) is 5.65. The highest BCUT2D eigenvalue weighted by molar-refractivity contribution is 7.17. The van der Waals surface area contributed by atoms with Gasteiger partial charge in [0.2, 0.25) is 0 Å². The molecule has 4 heteroatoms. The summed E-state index contributed by atoms with van der Waals surface area (Å²) in [6.45, 7) is 0. The van der Waals surface area contributed by atoms with Crippen LogP contribution in [0.2, 0.25) is 0 Å². The summed E-state index contributed by atoms with van der Waals surface area (Å²) in [6, 6.07) is 7.40. The SMILES string of the molecule is O=c1ccc2cc3ccsc3c(C3=CC=CC=CN3)c2o1. The van der Waals surface area contributed by atoms with Crippen LogP contribution in [0.25, 0.3) is 26.8 Å². The maximum Gasteiger partial charge on any atom is 0.336 e. The molecule has 102 valence electrons. The molecule has 0 saturated heterocycles. The van der Waals surface area contributed by atoms with Crippen molar-refractivity contribution < 1.29 is 4.42 Å². The minimum atomic E-state index is -0.333. The molecule has 1 aliphatic rings. The third-order valence-corrected chi connectivity index (χ3v) is 4.36. The van der Waals surface area contributed by atoms with E-state index in [9.17, 15) is 4.79 Å². The Morgan fingerprint density at radius 1 is 1.05 bits per heavy atom. The van der Waals surface area contributed by atoms with Crippen molar-refractivity contribution >= 4 is 38.1 Å². The molecule has 0 bridgehead atoms. The minimum absolute atomic E-state index is 0.333. The largest absolute Gasteiger partial charge is 0.422 e. The first-order chi connectivity index (χ1) is 10.3. The summed E-state index contributed by atoms with van der Waals surface area (Å²) in [5, 5.41) is 7.38. The fourth-order valence-corrected chi connectivity index (χ4v) is 3.43. The Morgan fingerprint density at radius 2 is 2.00 bits per heavy atom. The Kier molecular flexibility index (Phi) is 2.75. The molecule has 1 aliphatic heterocycles. The van der Waals surface area contributed by atoms with E-state index in [1.165, 1.54) is 6.07 Å². The fraction of sp³-hybridized carbons (Fsp3) is 0. The number of hydrogen-bond donors (Lipinski definition) is 1. The second-order valence-electron chi connectivity index (χ2n) is 4.73. The van der Waals surface area contributed by atoms with Crippen LogP contribution < -0.4 is 10.9 Å². The van der Waals surface area contributed by atoms with Crippen molar-refractivity contribution in [2.24, 2.45) is 0 Å². The average molecular weight is 293 g/mol. The van der Waals surface area contributed by atoms with Crippen LogP contribution in [-0.4, -0.2) is 0 Å². The fourth-order valence-electron chi connectivity index (χ4n) is 2.50. The maximum atomic E-state index is 11.6. The predicted octanol–water partition coefficient (Wildman–Crippen LogP) is 4.02. The second kappa shape index (κ2) is 4.75. The van der Waals surface area contributed by atoms with Gasteiger partial charge in [0.05, 0.1) is 11.3 Å². The van der Waals surface area contributed by atoms with Crippen LogP contribution in [0, 0.1) is 0 Å². The molecule has 0 unspecified atom stereocenters. The van der Waals surface area contributed by atoms with E-state index < -0.39 is 0 Å². The lowest BCUT2D eigenvalue weighted by Crippen LogP contribution is -2.05. The minimum Gasteiger partial charge on any atom is -0.422 e. The molecule has 0 atom stereocenters. The molecule has 0 saturated carbocycles. The van der Waals surface area contributed by atoms with E-state index in [0.717, 1.165) is 26.7 Å². The van der Waals surface area contributed by atoms with Gasteiger partial charge in [-0.1, -0.05) is 12.2 Å². The molecule has 0 amide bonds. The van der Waals surface area contributed by atoms with Gasteiger partial charge >= 0.3 is 5.63 Å². The summed E-state index contributed by atoms with van der Waals surface area (Å²) >= 11 is 1.64. The van der Waals surface area contributed by atoms with E-state index >= 15 is 0 Å². The Hall–Kier alpha value is -2.59. The predicted molar refractivity (Wildman–Crippen MR) is 87.3 cm³/mol. The standard InChI is InChI=1S/C17H11NO2S/c19-14-6-5-11-10-12-7-9-21-17(12)15(16(11)20-14)13-4-2-1-3-8-18-13/h1-10,18H. The topological polar surface area (TPSA) is 42.2 Å². The zero-order valence-corrected chi connectivity index (χ0v) is 11.8. The van der Waals surface area contributed by atoms with Crippen LogP contribution in [-0.2, 0) is 0 Å². The van der Waals surface area contributed by atoms with Crippen LogP contribution in [0.1, 0.15) is 5.56 Å². The van der Waals surface area contributed by atoms with Crippen molar-refractivity contribution in [3.63, 3.8) is 0 Å². The highest BCUT2D eigenvalue weighted by Gasteiger charge is 2.15. The van der Waals surface area contributed by atoms with E-state index in [0.29, 0.717) is 5.58 Å². The summed E-state index contributed by atoms with van der Waals surface area (Å²) in [5.74, 6) is 0. The molecule has 4 rings (SSSR count). The lowest BCUT2D eigenvalue weighted by molar-refractivity contribution is 0.560. The smallest absolute Gasteiger partial charge is 0.336 e. The molecule has 3 nitrogen and oxygen atoms in total. The van der Waals surface area contributed by atoms with Crippen LogP contribution in [0.15, 0.2) is 69.4 Å². The van der Waals surface area contributed by atoms with E-state index in [1.54, 1.807) is 11.3 Å².